The summed E-state index contributed by atoms with van der Waals surface area (Å²) in [5.41, 5.74) is 0.958. The summed E-state index contributed by atoms with van der Waals surface area (Å²) in [5.74, 6) is -0.136. The van der Waals surface area contributed by atoms with E-state index in [0.717, 1.165) is 5.69 Å². The average molecular weight is 319 g/mol. The van der Waals surface area contributed by atoms with Crippen LogP contribution in [0, 0.1) is 0 Å². The Kier molecular flexibility index (Phi) is 7.12. The minimum Gasteiger partial charge on any atom is -0.444 e. The van der Waals surface area contributed by atoms with E-state index < -0.39 is 11.7 Å². The first-order chi connectivity index (χ1) is 10.8. The minimum atomic E-state index is -0.500. The van der Waals surface area contributed by atoms with Crippen LogP contribution in [0.2, 0.25) is 0 Å². The summed E-state index contributed by atoms with van der Waals surface area (Å²) in [7, 11) is 0. The Morgan fingerprint density at radius 1 is 1.13 bits per heavy atom. The zero-order chi connectivity index (χ0) is 17.3. The Balaban J connectivity index is 2.32. The van der Waals surface area contributed by atoms with Crippen LogP contribution in [0.15, 0.2) is 36.9 Å². The lowest BCUT2D eigenvalue weighted by molar-refractivity contribution is 0.0530. The van der Waals surface area contributed by atoms with E-state index in [1.807, 2.05) is 32.9 Å². The molecule has 0 aliphatic rings. The molecule has 23 heavy (non-hydrogen) atoms. The summed E-state index contributed by atoms with van der Waals surface area (Å²) in [5, 5.41) is 8.53. The normalized spacial score (nSPS) is 10.6. The molecule has 0 saturated carbocycles. The number of rotatable bonds is 7. The summed E-state index contributed by atoms with van der Waals surface area (Å²) in [6.07, 6.45) is 1.19. The van der Waals surface area contributed by atoms with Crippen molar-refractivity contribution in [2.45, 2.75) is 26.4 Å². The Morgan fingerprint density at radius 3 is 2.35 bits per heavy atom. The van der Waals surface area contributed by atoms with Gasteiger partial charge in [-0.3, -0.25) is 4.79 Å². The van der Waals surface area contributed by atoms with Crippen LogP contribution in [0.4, 0.5) is 10.5 Å². The number of benzene rings is 1. The van der Waals surface area contributed by atoms with Crippen LogP contribution in [-0.2, 0) is 4.74 Å². The van der Waals surface area contributed by atoms with Gasteiger partial charge in [-0.15, -0.1) is 6.58 Å². The van der Waals surface area contributed by atoms with Gasteiger partial charge in [0.05, 0.1) is 0 Å². The number of carbonyl (C=O) groups is 2. The van der Waals surface area contributed by atoms with Gasteiger partial charge < -0.3 is 20.7 Å². The van der Waals surface area contributed by atoms with Crippen molar-refractivity contribution in [2.24, 2.45) is 0 Å². The van der Waals surface area contributed by atoms with E-state index in [1.54, 1.807) is 18.2 Å². The van der Waals surface area contributed by atoms with Gasteiger partial charge in [0, 0.05) is 30.9 Å². The summed E-state index contributed by atoms with van der Waals surface area (Å²) >= 11 is 0. The van der Waals surface area contributed by atoms with Gasteiger partial charge in [0.25, 0.3) is 5.91 Å². The second-order valence-corrected chi connectivity index (χ2v) is 5.93. The molecule has 1 rings (SSSR count). The SMILES string of the molecule is C=CCNC(=O)c1ccc(NCCNC(=O)OC(C)(C)C)cc1. The zero-order valence-corrected chi connectivity index (χ0v) is 13.9. The van der Waals surface area contributed by atoms with Crippen LogP contribution < -0.4 is 16.0 Å². The lowest BCUT2D eigenvalue weighted by Gasteiger charge is -2.19. The van der Waals surface area contributed by atoms with Gasteiger partial charge in [-0.1, -0.05) is 6.08 Å². The summed E-state index contributed by atoms with van der Waals surface area (Å²) in [6.45, 7) is 10.4. The number of hydrogen-bond acceptors (Lipinski definition) is 4. The molecule has 6 heteroatoms. The highest BCUT2D eigenvalue weighted by molar-refractivity contribution is 5.94. The fraction of sp³-hybridized carbons (Fsp3) is 0.412. The molecule has 0 radical (unpaired) electrons. The lowest BCUT2D eigenvalue weighted by Crippen LogP contribution is -2.35. The van der Waals surface area contributed by atoms with Crippen molar-refractivity contribution < 1.29 is 14.3 Å². The van der Waals surface area contributed by atoms with Crippen molar-refractivity contribution >= 4 is 17.7 Å². The van der Waals surface area contributed by atoms with Gasteiger partial charge in [0.15, 0.2) is 0 Å². The Bertz CT molecular complexity index is 533. The number of amides is 2. The van der Waals surface area contributed by atoms with Crippen molar-refractivity contribution in [1.29, 1.82) is 0 Å². The van der Waals surface area contributed by atoms with Gasteiger partial charge in [-0.05, 0) is 45.0 Å². The third-order valence-corrected chi connectivity index (χ3v) is 2.68. The molecule has 0 fully saturated rings. The first-order valence-electron chi connectivity index (χ1n) is 7.52. The summed E-state index contributed by atoms with van der Waals surface area (Å²) < 4.78 is 5.13. The molecule has 0 unspecified atom stereocenters. The van der Waals surface area contributed by atoms with Gasteiger partial charge in [0.1, 0.15) is 5.60 Å². The largest absolute Gasteiger partial charge is 0.444 e. The zero-order valence-electron chi connectivity index (χ0n) is 13.9. The Morgan fingerprint density at radius 2 is 1.78 bits per heavy atom. The van der Waals surface area contributed by atoms with E-state index in [-0.39, 0.29) is 5.91 Å². The van der Waals surface area contributed by atoms with E-state index in [1.165, 1.54) is 0 Å². The second-order valence-electron chi connectivity index (χ2n) is 5.93. The van der Waals surface area contributed by atoms with Gasteiger partial charge >= 0.3 is 6.09 Å². The fourth-order valence-electron chi connectivity index (χ4n) is 1.69. The van der Waals surface area contributed by atoms with Crippen LogP contribution in [0.5, 0.6) is 0 Å². The average Bonchev–Trinajstić information content (AvgIpc) is 2.48. The third-order valence-electron chi connectivity index (χ3n) is 2.68. The van der Waals surface area contributed by atoms with E-state index in [2.05, 4.69) is 22.5 Å². The number of carbonyl (C=O) groups excluding carboxylic acids is 2. The quantitative estimate of drug-likeness (QED) is 0.533. The highest BCUT2D eigenvalue weighted by Crippen LogP contribution is 2.09. The molecule has 1 aromatic carbocycles. The van der Waals surface area contributed by atoms with Gasteiger partial charge in [-0.25, -0.2) is 4.79 Å². The van der Waals surface area contributed by atoms with E-state index in [9.17, 15) is 9.59 Å². The second kappa shape index (κ2) is 8.82. The predicted octanol–water partition coefficient (Wildman–Crippen LogP) is 2.54. The molecule has 0 saturated heterocycles. The smallest absolute Gasteiger partial charge is 0.407 e. The van der Waals surface area contributed by atoms with E-state index in [4.69, 9.17) is 4.74 Å². The molecule has 0 bridgehead atoms. The molecule has 0 aliphatic heterocycles. The van der Waals surface area contributed by atoms with Gasteiger partial charge in [-0.2, -0.15) is 0 Å². The molecular formula is C17H25N3O3. The van der Waals surface area contributed by atoms with Crippen molar-refractivity contribution in [1.82, 2.24) is 10.6 Å². The number of hydrogen-bond donors (Lipinski definition) is 3. The summed E-state index contributed by atoms with van der Waals surface area (Å²) in [4.78, 5) is 23.2. The number of alkyl carbamates (subject to hydrolysis) is 1. The maximum Gasteiger partial charge on any atom is 0.407 e. The molecule has 2 amide bonds. The summed E-state index contributed by atoms with van der Waals surface area (Å²) in [6, 6.07) is 7.11. The maximum atomic E-state index is 11.7. The third kappa shape index (κ3) is 7.90. The number of ether oxygens (including phenoxy) is 1. The maximum absolute atomic E-state index is 11.7. The van der Waals surface area contributed by atoms with Crippen LogP contribution in [0.3, 0.4) is 0 Å². The van der Waals surface area contributed by atoms with Crippen molar-refractivity contribution in [3.05, 3.63) is 42.5 Å². The number of nitrogens with one attached hydrogen (secondary N) is 3. The van der Waals surface area contributed by atoms with Crippen LogP contribution in [0.1, 0.15) is 31.1 Å². The molecule has 0 aliphatic carbocycles. The molecule has 1 aromatic rings. The molecule has 0 aromatic heterocycles. The minimum absolute atomic E-state index is 0.136. The molecule has 0 spiro atoms. The van der Waals surface area contributed by atoms with Crippen LogP contribution in [0.25, 0.3) is 0 Å². The highest BCUT2D eigenvalue weighted by Gasteiger charge is 2.15. The first kappa shape index (κ1) is 18.5. The van der Waals surface area contributed by atoms with E-state index >= 15 is 0 Å². The fourth-order valence-corrected chi connectivity index (χ4v) is 1.69. The molecule has 3 N–H and O–H groups in total. The van der Waals surface area contributed by atoms with E-state index in [0.29, 0.717) is 25.2 Å². The standard InChI is InChI=1S/C17H25N3O3/c1-5-10-19-15(21)13-6-8-14(9-7-13)18-11-12-20-16(22)23-17(2,3)4/h5-9,18H,1,10-12H2,2-4H3,(H,19,21)(H,20,22). The first-order valence-corrected chi connectivity index (χ1v) is 7.52. The van der Waals surface area contributed by atoms with Crippen molar-refractivity contribution in [2.75, 3.05) is 25.0 Å². The molecule has 0 heterocycles. The molecule has 126 valence electrons. The topological polar surface area (TPSA) is 79.5 Å². The van der Waals surface area contributed by atoms with Crippen molar-refractivity contribution in [3.8, 4) is 0 Å². The molecule has 6 nitrogen and oxygen atoms in total. The Labute approximate surface area is 137 Å². The van der Waals surface area contributed by atoms with Crippen LogP contribution >= 0.6 is 0 Å². The number of anilines is 1. The monoisotopic (exact) mass is 319 g/mol. The molecule has 0 atom stereocenters. The van der Waals surface area contributed by atoms with Gasteiger partial charge in [0.2, 0.25) is 0 Å². The van der Waals surface area contributed by atoms with Crippen molar-refractivity contribution in [3.63, 3.8) is 0 Å². The van der Waals surface area contributed by atoms with Crippen LogP contribution in [-0.4, -0.2) is 37.2 Å². The predicted molar refractivity (Wildman–Crippen MR) is 91.7 cm³/mol. The highest BCUT2D eigenvalue weighted by atomic mass is 16.6. The molecular weight excluding hydrogens is 294 g/mol. The lowest BCUT2D eigenvalue weighted by atomic mass is 10.2. The Hall–Kier alpha value is -2.50.